The van der Waals surface area contributed by atoms with Crippen molar-refractivity contribution < 1.29 is 0 Å². The molecule has 30 heavy (non-hydrogen) atoms. The Balaban J connectivity index is 2.57. The van der Waals surface area contributed by atoms with Crippen molar-refractivity contribution in [1.82, 2.24) is 4.98 Å². The lowest BCUT2D eigenvalue weighted by molar-refractivity contribution is 1.21. The molecule has 3 aromatic rings. The van der Waals surface area contributed by atoms with Crippen molar-refractivity contribution in [1.29, 1.82) is 31.6 Å². The molecule has 0 fully saturated rings. The van der Waals surface area contributed by atoms with Crippen molar-refractivity contribution in [2.24, 2.45) is 0 Å². The van der Waals surface area contributed by atoms with Gasteiger partial charge in [-0.05, 0) is 11.6 Å². The highest BCUT2D eigenvalue weighted by Gasteiger charge is 2.25. The maximum Gasteiger partial charge on any atom is 0.160 e. The first-order valence-corrected chi connectivity index (χ1v) is 8.36. The molecule has 0 saturated carbocycles. The maximum atomic E-state index is 9.74. The highest BCUT2D eigenvalue weighted by molar-refractivity contribution is 5.90. The molecule has 134 valence electrons. The molecule has 0 aliphatic heterocycles. The molecule has 1 aromatic heterocycles. The van der Waals surface area contributed by atoms with Gasteiger partial charge in [-0.1, -0.05) is 36.4 Å². The van der Waals surface area contributed by atoms with Crippen LogP contribution < -0.4 is 0 Å². The third-order valence-corrected chi connectivity index (χ3v) is 4.39. The molecule has 0 N–H and O–H groups in total. The van der Waals surface area contributed by atoms with Crippen LogP contribution in [0.25, 0.3) is 22.4 Å². The van der Waals surface area contributed by atoms with Crippen LogP contribution in [0.5, 0.6) is 0 Å². The molecule has 0 spiro atoms. The molecule has 0 aliphatic carbocycles. The van der Waals surface area contributed by atoms with E-state index in [1.165, 1.54) is 12.1 Å². The molecule has 0 atom stereocenters. The summed E-state index contributed by atoms with van der Waals surface area (Å²) in [4.78, 5) is 4.18. The van der Waals surface area contributed by atoms with Crippen LogP contribution in [0.4, 0.5) is 0 Å². The lowest BCUT2D eigenvalue weighted by Gasteiger charge is -2.15. The number of aromatic nitrogens is 1. The van der Waals surface area contributed by atoms with E-state index in [0.29, 0.717) is 16.7 Å². The summed E-state index contributed by atoms with van der Waals surface area (Å²) in [5, 5.41) is 57.2. The molecule has 0 radical (unpaired) electrons. The fourth-order valence-electron chi connectivity index (χ4n) is 3.10. The molecule has 0 unspecified atom stereocenters. The fraction of sp³-hybridized carbons (Fsp3) is 0. The van der Waals surface area contributed by atoms with E-state index in [0.717, 1.165) is 0 Å². The second kappa shape index (κ2) is 8.05. The van der Waals surface area contributed by atoms with E-state index in [1.807, 2.05) is 24.3 Å². The quantitative estimate of drug-likeness (QED) is 0.655. The van der Waals surface area contributed by atoms with Gasteiger partial charge in [-0.2, -0.15) is 31.6 Å². The minimum atomic E-state index is -0.301. The van der Waals surface area contributed by atoms with Crippen LogP contribution in [0, 0.1) is 68.0 Å². The van der Waals surface area contributed by atoms with E-state index in [2.05, 4.69) is 4.98 Å². The molecule has 0 amide bonds. The lowest BCUT2D eigenvalue weighted by Crippen LogP contribution is -2.04. The van der Waals surface area contributed by atoms with Gasteiger partial charge in [-0.3, -0.25) is 0 Å². The smallest absolute Gasteiger partial charge is 0.160 e. The molecular weight excluding hydrogens is 374 g/mol. The Morgan fingerprint density at radius 1 is 0.567 bits per heavy atom. The van der Waals surface area contributed by atoms with Gasteiger partial charge in [-0.15, -0.1) is 0 Å². The number of hydrogen-bond acceptors (Lipinski definition) is 7. The van der Waals surface area contributed by atoms with Gasteiger partial charge in [0, 0.05) is 11.1 Å². The summed E-state index contributed by atoms with van der Waals surface area (Å²) in [5.41, 5.74) is 0.409. The second-order valence-corrected chi connectivity index (χ2v) is 5.88. The van der Waals surface area contributed by atoms with Crippen LogP contribution in [0.15, 0.2) is 42.5 Å². The summed E-state index contributed by atoms with van der Waals surface area (Å²) in [6.45, 7) is 0. The Morgan fingerprint density at radius 3 is 1.73 bits per heavy atom. The van der Waals surface area contributed by atoms with Crippen molar-refractivity contribution in [2.45, 2.75) is 0 Å². The minimum absolute atomic E-state index is 0.00978. The van der Waals surface area contributed by atoms with Crippen LogP contribution in [0.2, 0.25) is 0 Å². The third-order valence-electron chi connectivity index (χ3n) is 4.39. The van der Waals surface area contributed by atoms with Crippen molar-refractivity contribution in [2.75, 3.05) is 0 Å². The first-order valence-electron chi connectivity index (χ1n) is 8.36. The zero-order valence-corrected chi connectivity index (χ0v) is 15.2. The first kappa shape index (κ1) is 19.3. The van der Waals surface area contributed by atoms with E-state index >= 15 is 0 Å². The Bertz CT molecular complexity index is 1440. The Morgan fingerprint density at radius 2 is 1.20 bits per heavy atom. The molecule has 1 heterocycles. The molecular formula is C23H7N7. The topological polar surface area (TPSA) is 156 Å². The van der Waals surface area contributed by atoms with Crippen LogP contribution in [-0.4, -0.2) is 4.98 Å². The molecule has 7 nitrogen and oxygen atoms in total. The van der Waals surface area contributed by atoms with E-state index in [9.17, 15) is 31.6 Å². The van der Waals surface area contributed by atoms with Crippen LogP contribution in [0.1, 0.15) is 33.5 Å². The number of nitriles is 6. The Labute approximate surface area is 171 Å². The monoisotopic (exact) mass is 381 g/mol. The Hall–Kier alpha value is -5.47. The van der Waals surface area contributed by atoms with Crippen molar-refractivity contribution in [3.63, 3.8) is 0 Å². The molecule has 7 heteroatoms. The van der Waals surface area contributed by atoms with Gasteiger partial charge >= 0.3 is 0 Å². The number of rotatable bonds is 2. The molecule has 0 bridgehead atoms. The van der Waals surface area contributed by atoms with E-state index in [-0.39, 0.29) is 39.2 Å². The van der Waals surface area contributed by atoms with Crippen molar-refractivity contribution >= 4 is 0 Å². The summed E-state index contributed by atoms with van der Waals surface area (Å²) in [6.07, 6.45) is 0. The van der Waals surface area contributed by atoms with Crippen LogP contribution in [0.3, 0.4) is 0 Å². The summed E-state index contributed by atoms with van der Waals surface area (Å²) in [5.74, 6) is 0. The number of hydrogen-bond donors (Lipinski definition) is 0. The zero-order valence-electron chi connectivity index (χ0n) is 15.2. The Kier molecular flexibility index (Phi) is 5.17. The lowest BCUT2D eigenvalue weighted by atomic mass is 9.87. The van der Waals surface area contributed by atoms with Gasteiger partial charge in [0.1, 0.15) is 42.0 Å². The predicted molar refractivity (Wildman–Crippen MR) is 103 cm³/mol. The maximum absolute atomic E-state index is 9.74. The predicted octanol–water partition coefficient (Wildman–Crippen LogP) is 3.65. The zero-order chi connectivity index (χ0) is 21.7. The average Bonchev–Trinajstić information content (AvgIpc) is 2.81. The van der Waals surface area contributed by atoms with Gasteiger partial charge < -0.3 is 0 Å². The van der Waals surface area contributed by atoms with Gasteiger partial charge in [-0.25, -0.2) is 4.98 Å². The molecule has 0 saturated heterocycles. The molecule has 2 aromatic carbocycles. The van der Waals surface area contributed by atoms with Crippen LogP contribution in [-0.2, 0) is 0 Å². The van der Waals surface area contributed by atoms with Gasteiger partial charge in [0.05, 0.1) is 27.9 Å². The van der Waals surface area contributed by atoms with Gasteiger partial charge in [0.2, 0.25) is 0 Å². The average molecular weight is 381 g/mol. The van der Waals surface area contributed by atoms with E-state index in [1.54, 1.807) is 42.5 Å². The minimum Gasteiger partial charge on any atom is -0.234 e. The number of nitrogens with zero attached hydrogens (tertiary/aromatic N) is 7. The SMILES string of the molecule is N#Cc1ccc(-c2nc(C#N)c(C#N)c(C#N)c2C#N)c(-c2ccccc2)c1C#N. The fourth-order valence-corrected chi connectivity index (χ4v) is 3.10. The van der Waals surface area contributed by atoms with Gasteiger partial charge in [0.15, 0.2) is 5.69 Å². The highest BCUT2D eigenvalue weighted by atomic mass is 14.7. The van der Waals surface area contributed by atoms with Crippen molar-refractivity contribution in [3.8, 4) is 58.8 Å². The van der Waals surface area contributed by atoms with Crippen molar-refractivity contribution in [3.05, 3.63) is 76.0 Å². The largest absolute Gasteiger partial charge is 0.234 e. The third kappa shape index (κ3) is 2.95. The van der Waals surface area contributed by atoms with E-state index < -0.39 is 0 Å². The van der Waals surface area contributed by atoms with E-state index in [4.69, 9.17) is 0 Å². The summed E-state index contributed by atoms with van der Waals surface area (Å²) >= 11 is 0. The van der Waals surface area contributed by atoms with Gasteiger partial charge in [0.25, 0.3) is 0 Å². The molecule has 0 aliphatic rings. The first-order chi connectivity index (χ1) is 14.6. The summed E-state index contributed by atoms with van der Waals surface area (Å²) in [7, 11) is 0. The number of benzene rings is 2. The normalized spacial score (nSPS) is 9.13. The summed E-state index contributed by atoms with van der Waals surface area (Å²) < 4.78 is 0. The summed E-state index contributed by atoms with van der Waals surface area (Å²) in [6, 6.07) is 22.9. The van der Waals surface area contributed by atoms with Crippen LogP contribution >= 0.6 is 0 Å². The highest BCUT2D eigenvalue weighted by Crippen LogP contribution is 2.38. The standard InChI is InChI=1S/C23H7N7/c24-8-15-6-7-16(22(17(15)9-25)14-4-2-1-3-5-14)23-20(12-28)18(10-26)19(11-27)21(13-29)30-23/h1-7H. The second-order valence-electron chi connectivity index (χ2n) is 5.88. The molecule has 3 rings (SSSR count). The number of pyridine rings is 1.